The zero-order valence-corrected chi connectivity index (χ0v) is 10.9. The number of halogens is 1. The molecule has 2 atom stereocenters. The van der Waals surface area contributed by atoms with Crippen LogP contribution in [0.25, 0.3) is 0 Å². The lowest BCUT2D eigenvalue weighted by Gasteiger charge is -2.14. The number of carbonyl (C=O) groups excluding carboxylic acids is 1. The Labute approximate surface area is 108 Å². The molecule has 4 heteroatoms. The van der Waals surface area contributed by atoms with Gasteiger partial charge in [-0.2, -0.15) is 0 Å². The van der Waals surface area contributed by atoms with Crippen molar-refractivity contribution in [3.63, 3.8) is 0 Å². The number of hydrogen-bond acceptors (Lipinski definition) is 2. The first-order valence-corrected chi connectivity index (χ1v) is 6.26. The van der Waals surface area contributed by atoms with Crippen LogP contribution in [0.15, 0.2) is 24.3 Å². The molecule has 100 valence electrons. The molecule has 0 aromatic heterocycles. The maximum Gasteiger partial charge on any atom is 0.220 e. The summed E-state index contributed by atoms with van der Waals surface area (Å²) in [5, 5.41) is 2.91. The van der Waals surface area contributed by atoms with E-state index in [0.29, 0.717) is 19.3 Å². The van der Waals surface area contributed by atoms with E-state index in [0.717, 1.165) is 5.56 Å². The molecule has 0 aliphatic rings. The molecule has 3 N–H and O–H groups in total. The first kappa shape index (κ1) is 14.6. The van der Waals surface area contributed by atoms with Crippen molar-refractivity contribution in [2.45, 2.75) is 45.2 Å². The molecular weight excluding hydrogens is 231 g/mol. The van der Waals surface area contributed by atoms with Crippen LogP contribution in [0.5, 0.6) is 0 Å². The van der Waals surface area contributed by atoms with Gasteiger partial charge in [0.1, 0.15) is 5.82 Å². The number of hydrogen-bond donors (Lipinski definition) is 2. The highest BCUT2D eigenvalue weighted by atomic mass is 19.1. The van der Waals surface area contributed by atoms with Gasteiger partial charge in [0.25, 0.3) is 0 Å². The molecule has 0 spiro atoms. The summed E-state index contributed by atoms with van der Waals surface area (Å²) in [4.78, 5) is 11.6. The topological polar surface area (TPSA) is 55.1 Å². The van der Waals surface area contributed by atoms with Crippen molar-refractivity contribution in [1.82, 2.24) is 5.32 Å². The lowest BCUT2D eigenvalue weighted by molar-refractivity contribution is -0.121. The Bertz CT molecular complexity index is 376. The average molecular weight is 252 g/mol. The average Bonchev–Trinajstić information content (AvgIpc) is 2.29. The molecule has 0 aliphatic heterocycles. The van der Waals surface area contributed by atoms with Crippen LogP contribution in [0.2, 0.25) is 0 Å². The first-order valence-electron chi connectivity index (χ1n) is 6.26. The van der Waals surface area contributed by atoms with Crippen molar-refractivity contribution in [1.29, 1.82) is 0 Å². The van der Waals surface area contributed by atoms with Crippen LogP contribution in [-0.4, -0.2) is 18.0 Å². The van der Waals surface area contributed by atoms with Gasteiger partial charge in [0, 0.05) is 18.5 Å². The maximum absolute atomic E-state index is 12.7. The minimum Gasteiger partial charge on any atom is -0.353 e. The normalized spacial score (nSPS) is 14.0. The van der Waals surface area contributed by atoms with Gasteiger partial charge in [-0.1, -0.05) is 12.1 Å². The molecule has 0 bridgehead atoms. The van der Waals surface area contributed by atoms with Crippen LogP contribution in [0.4, 0.5) is 4.39 Å². The van der Waals surface area contributed by atoms with Crippen LogP contribution in [-0.2, 0) is 11.2 Å². The number of rotatable bonds is 6. The second-order valence-electron chi connectivity index (χ2n) is 4.82. The van der Waals surface area contributed by atoms with Gasteiger partial charge in [-0.15, -0.1) is 0 Å². The second-order valence-corrected chi connectivity index (χ2v) is 4.82. The van der Waals surface area contributed by atoms with E-state index in [4.69, 9.17) is 5.73 Å². The largest absolute Gasteiger partial charge is 0.353 e. The minimum absolute atomic E-state index is 0.0157. The summed E-state index contributed by atoms with van der Waals surface area (Å²) in [6.07, 6.45) is 1.84. The quantitative estimate of drug-likeness (QED) is 0.813. The second kappa shape index (κ2) is 7.11. The highest BCUT2D eigenvalue weighted by Crippen LogP contribution is 2.06. The molecule has 0 heterocycles. The van der Waals surface area contributed by atoms with E-state index < -0.39 is 0 Å². The van der Waals surface area contributed by atoms with Crippen molar-refractivity contribution < 1.29 is 9.18 Å². The lowest BCUT2D eigenvalue weighted by atomic mass is 10.1. The summed E-state index contributed by atoms with van der Waals surface area (Å²) in [7, 11) is 0. The molecule has 1 rings (SSSR count). The predicted molar refractivity (Wildman–Crippen MR) is 70.6 cm³/mol. The van der Waals surface area contributed by atoms with E-state index in [1.807, 2.05) is 13.8 Å². The van der Waals surface area contributed by atoms with Gasteiger partial charge in [0.05, 0.1) is 0 Å². The van der Waals surface area contributed by atoms with Gasteiger partial charge >= 0.3 is 0 Å². The van der Waals surface area contributed by atoms with Gasteiger partial charge in [-0.05, 0) is 44.4 Å². The number of carbonyl (C=O) groups is 1. The summed E-state index contributed by atoms with van der Waals surface area (Å²) >= 11 is 0. The molecule has 1 aromatic rings. The van der Waals surface area contributed by atoms with Crippen LogP contribution in [0, 0.1) is 5.82 Å². The molecule has 0 aliphatic carbocycles. The third-order valence-electron chi connectivity index (χ3n) is 2.69. The highest BCUT2D eigenvalue weighted by Gasteiger charge is 2.09. The number of nitrogens with one attached hydrogen (secondary N) is 1. The van der Waals surface area contributed by atoms with Crippen LogP contribution < -0.4 is 11.1 Å². The standard InChI is InChI=1S/C14H21FN2O/c1-10(16)3-8-14(18)17-11(2)9-12-4-6-13(15)7-5-12/h4-7,10-11H,3,8-9,16H2,1-2H3,(H,17,18). The number of amides is 1. The van der Waals surface area contributed by atoms with Gasteiger partial charge in [-0.25, -0.2) is 4.39 Å². The zero-order valence-electron chi connectivity index (χ0n) is 10.9. The Balaban J connectivity index is 2.34. The number of benzene rings is 1. The smallest absolute Gasteiger partial charge is 0.220 e. The maximum atomic E-state index is 12.7. The van der Waals surface area contributed by atoms with Gasteiger partial charge in [0.15, 0.2) is 0 Å². The molecule has 2 unspecified atom stereocenters. The monoisotopic (exact) mass is 252 g/mol. The Hall–Kier alpha value is -1.42. The SMILES string of the molecule is CC(N)CCC(=O)NC(C)Cc1ccc(F)cc1. The van der Waals surface area contributed by atoms with Crippen molar-refractivity contribution >= 4 is 5.91 Å². The van der Waals surface area contributed by atoms with Crippen molar-refractivity contribution in [2.75, 3.05) is 0 Å². The Morgan fingerprint density at radius 1 is 1.33 bits per heavy atom. The molecule has 1 amide bonds. The lowest BCUT2D eigenvalue weighted by Crippen LogP contribution is -2.34. The fourth-order valence-corrected chi connectivity index (χ4v) is 1.73. The van der Waals surface area contributed by atoms with Crippen LogP contribution in [0.1, 0.15) is 32.3 Å². The van der Waals surface area contributed by atoms with Gasteiger partial charge < -0.3 is 11.1 Å². The molecule has 0 fully saturated rings. The summed E-state index contributed by atoms with van der Waals surface area (Å²) < 4.78 is 12.7. The fourth-order valence-electron chi connectivity index (χ4n) is 1.73. The summed E-state index contributed by atoms with van der Waals surface area (Å²) in [5.74, 6) is -0.228. The van der Waals surface area contributed by atoms with Gasteiger partial charge in [0.2, 0.25) is 5.91 Å². The Morgan fingerprint density at radius 2 is 1.94 bits per heavy atom. The highest BCUT2D eigenvalue weighted by molar-refractivity contribution is 5.76. The van der Waals surface area contributed by atoms with Crippen molar-refractivity contribution in [3.05, 3.63) is 35.6 Å². The van der Waals surface area contributed by atoms with E-state index in [2.05, 4.69) is 5.32 Å². The van der Waals surface area contributed by atoms with E-state index in [9.17, 15) is 9.18 Å². The molecule has 0 saturated heterocycles. The van der Waals surface area contributed by atoms with Crippen LogP contribution >= 0.6 is 0 Å². The zero-order chi connectivity index (χ0) is 13.5. The fraction of sp³-hybridized carbons (Fsp3) is 0.500. The first-order chi connectivity index (χ1) is 8.47. The summed E-state index contributed by atoms with van der Waals surface area (Å²) in [6, 6.07) is 6.42. The van der Waals surface area contributed by atoms with E-state index >= 15 is 0 Å². The molecular formula is C14H21FN2O. The molecule has 0 saturated carbocycles. The third-order valence-corrected chi connectivity index (χ3v) is 2.69. The number of nitrogens with two attached hydrogens (primary N) is 1. The minimum atomic E-state index is -0.243. The Morgan fingerprint density at radius 3 is 2.50 bits per heavy atom. The van der Waals surface area contributed by atoms with E-state index in [1.165, 1.54) is 12.1 Å². The van der Waals surface area contributed by atoms with Crippen molar-refractivity contribution in [3.8, 4) is 0 Å². The molecule has 0 radical (unpaired) electrons. The van der Waals surface area contributed by atoms with Crippen molar-refractivity contribution in [2.24, 2.45) is 5.73 Å². The predicted octanol–water partition coefficient (Wildman–Crippen LogP) is 2.00. The van der Waals surface area contributed by atoms with E-state index in [-0.39, 0.29) is 23.8 Å². The summed E-state index contributed by atoms with van der Waals surface area (Å²) in [5.41, 5.74) is 6.60. The molecule has 18 heavy (non-hydrogen) atoms. The Kier molecular flexibility index (Phi) is 5.78. The summed E-state index contributed by atoms with van der Waals surface area (Å²) in [6.45, 7) is 3.82. The van der Waals surface area contributed by atoms with E-state index in [1.54, 1.807) is 12.1 Å². The molecule has 1 aromatic carbocycles. The van der Waals surface area contributed by atoms with Gasteiger partial charge in [-0.3, -0.25) is 4.79 Å². The van der Waals surface area contributed by atoms with Crippen LogP contribution in [0.3, 0.4) is 0 Å². The third kappa shape index (κ3) is 5.77. The molecule has 3 nitrogen and oxygen atoms in total.